The van der Waals surface area contributed by atoms with E-state index < -0.39 is 12.1 Å². The second kappa shape index (κ2) is 7.39. The summed E-state index contributed by atoms with van der Waals surface area (Å²) in [6.07, 6.45) is 2.40. The highest BCUT2D eigenvalue weighted by Crippen LogP contribution is 2.29. The summed E-state index contributed by atoms with van der Waals surface area (Å²) in [5, 5.41) is 3.66. The Bertz CT molecular complexity index is 951. The number of fused-ring (bicyclic) bond motifs is 2. The highest BCUT2D eigenvalue weighted by atomic mass is 16.5. The molecule has 1 fully saturated rings. The van der Waals surface area contributed by atoms with Crippen LogP contribution in [-0.2, 0) is 9.53 Å². The van der Waals surface area contributed by atoms with E-state index >= 15 is 0 Å². The number of hydrogen-bond acceptors (Lipinski definition) is 3. The molecule has 0 aliphatic carbocycles. The molecule has 1 saturated heterocycles. The molecule has 4 rings (SSSR count). The van der Waals surface area contributed by atoms with E-state index in [-0.39, 0.29) is 5.91 Å². The van der Waals surface area contributed by atoms with Crippen LogP contribution in [0.4, 0.5) is 0 Å². The Kier molecular flexibility index (Phi) is 4.80. The molecular formula is C23H23NO3. The van der Waals surface area contributed by atoms with Crippen LogP contribution in [0.15, 0.2) is 54.6 Å². The lowest BCUT2D eigenvalue weighted by atomic mass is 9.97. The molecule has 4 nitrogen and oxygen atoms in total. The average Bonchev–Trinajstić information content (AvgIpc) is 2.71. The van der Waals surface area contributed by atoms with Gasteiger partial charge in [0.1, 0.15) is 0 Å². The highest BCUT2D eigenvalue weighted by molar-refractivity contribution is 6.16. The number of esters is 1. The summed E-state index contributed by atoms with van der Waals surface area (Å²) in [7, 11) is 0. The van der Waals surface area contributed by atoms with Gasteiger partial charge in [0, 0.05) is 13.1 Å². The molecule has 0 aromatic heterocycles. The third-order valence-corrected chi connectivity index (χ3v) is 5.27. The molecule has 138 valence electrons. The molecule has 3 aromatic carbocycles. The summed E-state index contributed by atoms with van der Waals surface area (Å²) in [4.78, 5) is 27.5. The van der Waals surface area contributed by atoms with Gasteiger partial charge in [-0.1, -0.05) is 48.5 Å². The van der Waals surface area contributed by atoms with Crippen molar-refractivity contribution in [1.29, 1.82) is 0 Å². The van der Waals surface area contributed by atoms with Crippen molar-refractivity contribution in [3.05, 3.63) is 60.2 Å². The third kappa shape index (κ3) is 3.39. The Balaban J connectivity index is 1.68. The van der Waals surface area contributed by atoms with Crippen LogP contribution in [0.1, 0.15) is 36.5 Å². The summed E-state index contributed by atoms with van der Waals surface area (Å²) in [5.41, 5.74) is 0.530. The second-order valence-electron chi connectivity index (χ2n) is 7.13. The van der Waals surface area contributed by atoms with Crippen LogP contribution in [0.3, 0.4) is 0 Å². The van der Waals surface area contributed by atoms with Gasteiger partial charge in [0.05, 0.1) is 5.56 Å². The van der Waals surface area contributed by atoms with Gasteiger partial charge in [0.2, 0.25) is 0 Å². The molecule has 27 heavy (non-hydrogen) atoms. The summed E-state index contributed by atoms with van der Waals surface area (Å²) >= 11 is 0. The van der Waals surface area contributed by atoms with Gasteiger partial charge in [0.25, 0.3) is 5.91 Å². The van der Waals surface area contributed by atoms with E-state index in [1.54, 1.807) is 6.92 Å². The maximum absolute atomic E-state index is 13.1. The summed E-state index contributed by atoms with van der Waals surface area (Å²) in [6.45, 7) is 3.16. The zero-order chi connectivity index (χ0) is 18.8. The Morgan fingerprint density at radius 1 is 0.889 bits per heavy atom. The number of amides is 1. The van der Waals surface area contributed by atoms with Gasteiger partial charge >= 0.3 is 5.97 Å². The van der Waals surface area contributed by atoms with Crippen LogP contribution in [-0.4, -0.2) is 36.0 Å². The van der Waals surface area contributed by atoms with Crippen molar-refractivity contribution in [3.8, 4) is 0 Å². The number of ether oxygens (including phenoxy) is 1. The van der Waals surface area contributed by atoms with Gasteiger partial charge in [-0.05, 0) is 53.8 Å². The molecule has 3 aromatic rings. The predicted molar refractivity (Wildman–Crippen MR) is 107 cm³/mol. The lowest BCUT2D eigenvalue weighted by Gasteiger charge is -2.29. The number of carbonyl (C=O) groups excluding carboxylic acids is 2. The minimum Gasteiger partial charge on any atom is -0.449 e. The second-order valence-corrected chi connectivity index (χ2v) is 7.13. The topological polar surface area (TPSA) is 46.6 Å². The number of carbonyl (C=O) groups is 2. The Morgan fingerprint density at radius 2 is 1.44 bits per heavy atom. The van der Waals surface area contributed by atoms with Crippen LogP contribution in [0.25, 0.3) is 21.5 Å². The van der Waals surface area contributed by atoms with Crippen molar-refractivity contribution < 1.29 is 14.3 Å². The molecule has 0 radical (unpaired) electrons. The monoisotopic (exact) mass is 361 g/mol. The van der Waals surface area contributed by atoms with E-state index in [2.05, 4.69) is 6.07 Å². The fourth-order valence-corrected chi connectivity index (χ4v) is 3.87. The minimum absolute atomic E-state index is 0.104. The van der Waals surface area contributed by atoms with E-state index in [1.165, 1.54) is 0 Å². The predicted octanol–water partition coefficient (Wildman–Crippen LogP) is 4.55. The lowest BCUT2D eigenvalue weighted by Crippen LogP contribution is -2.42. The summed E-state index contributed by atoms with van der Waals surface area (Å²) in [5.74, 6) is -0.548. The SMILES string of the molecule is C[C@@H](OC(=O)c1c2ccccc2cc2ccccc12)C(=O)N1CCCCC1. The average molecular weight is 361 g/mol. The lowest BCUT2D eigenvalue weighted by molar-refractivity contribution is -0.140. The highest BCUT2D eigenvalue weighted by Gasteiger charge is 2.26. The van der Waals surface area contributed by atoms with E-state index in [0.717, 1.165) is 53.9 Å². The van der Waals surface area contributed by atoms with Gasteiger partial charge in [0.15, 0.2) is 6.10 Å². The van der Waals surface area contributed by atoms with Crippen molar-refractivity contribution in [3.63, 3.8) is 0 Å². The molecule has 1 heterocycles. The molecule has 0 spiro atoms. The van der Waals surface area contributed by atoms with Crippen LogP contribution in [0.5, 0.6) is 0 Å². The van der Waals surface area contributed by atoms with Crippen molar-refractivity contribution in [2.24, 2.45) is 0 Å². The normalized spacial score (nSPS) is 15.7. The largest absolute Gasteiger partial charge is 0.449 e. The maximum atomic E-state index is 13.1. The molecule has 4 heteroatoms. The fraction of sp³-hybridized carbons (Fsp3) is 0.304. The summed E-state index contributed by atoms with van der Waals surface area (Å²) in [6, 6.07) is 17.6. The van der Waals surface area contributed by atoms with Crippen LogP contribution in [0, 0.1) is 0 Å². The van der Waals surface area contributed by atoms with Gasteiger partial charge in [-0.15, -0.1) is 0 Å². The Hall–Kier alpha value is -2.88. The zero-order valence-electron chi connectivity index (χ0n) is 15.5. The first-order valence-corrected chi connectivity index (χ1v) is 9.55. The van der Waals surface area contributed by atoms with E-state index in [4.69, 9.17) is 4.74 Å². The Labute approximate surface area is 158 Å². The molecule has 0 bridgehead atoms. The third-order valence-electron chi connectivity index (χ3n) is 5.27. The van der Waals surface area contributed by atoms with Gasteiger partial charge in [-0.2, -0.15) is 0 Å². The molecule has 0 N–H and O–H groups in total. The zero-order valence-corrected chi connectivity index (χ0v) is 15.5. The van der Waals surface area contributed by atoms with Crippen molar-refractivity contribution in [1.82, 2.24) is 4.90 Å². The fourth-order valence-electron chi connectivity index (χ4n) is 3.87. The first kappa shape index (κ1) is 17.5. The number of piperidine rings is 1. The minimum atomic E-state index is -0.784. The number of nitrogens with zero attached hydrogens (tertiary/aromatic N) is 1. The molecule has 1 aliphatic rings. The molecule has 1 aliphatic heterocycles. The van der Waals surface area contributed by atoms with Gasteiger partial charge in [-0.25, -0.2) is 4.79 Å². The number of hydrogen-bond donors (Lipinski definition) is 0. The first-order chi connectivity index (χ1) is 13.1. The van der Waals surface area contributed by atoms with Crippen molar-refractivity contribution in [2.75, 3.05) is 13.1 Å². The van der Waals surface area contributed by atoms with Gasteiger partial charge in [-0.3, -0.25) is 4.79 Å². The van der Waals surface area contributed by atoms with Crippen LogP contribution in [0.2, 0.25) is 0 Å². The first-order valence-electron chi connectivity index (χ1n) is 9.55. The number of rotatable bonds is 3. The van der Waals surface area contributed by atoms with Crippen molar-refractivity contribution in [2.45, 2.75) is 32.3 Å². The number of likely N-dealkylation sites (tertiary alicyclic amines) is 1. The Morgan fingerprint density at radius 3 is 2.04 bits per heavy atom. The molecule has 0 saturated carbocycles. The standard InChI is InChI=1S/C23H23NO3/c1-16(22(25)24-13-7-2-8-14-24)27-23(26)21-19-11-5-3-9-17(19)15-18-10-4-6-12-20(18)21/h3-6,9-12,15-16H,2,7-8,13-14H2,1H3/t16-/m1/s1. The van der Waals surface area contributed by atoms with E-state index in [0.29, 0.717) is 5.56 Å². The van der Waals surface area contributed by atoms with Crippen molar-refractivity contribution >= 4 is 33.4 Å². The van der Waals surface area contributed by atoms with Crippen LogP contribution < -0.4 is 0 Å². The maximum Gasteiger partial charge on any atom is 0.340 e. The van der Waals surface area contributed by atoms with Gasteiger partial charge < -0.3 is 9.64 Å². The molecule has 1 amide bonds. The van der Waals surface area contributed by atoms with E-state index in [9.17, 15) is 9.59 Å². The quantitative estimate of drug-likeness (QED) is 0.508. The van der Waals surface area contributed by atoms with Crippen LogP contribution >= 0.6 is 0 Å². The number of benzene rings is 3. The molecular weight excluding hydrogens is 338 g/mol. The van der Waals surface area contributed by atoms with E-state index in [1.807, 2.05) is 53.4 Å². The smallest absolute Gasteiger partial charge is 0.340 e. The molecule has 1 atom stereocenters. The molecule has 0 unspecified atom stereocenters. The summed E-state index contributed by atoms with van der Waals surface area (Å²) < 4.78 is 5.64.